The normalized spacial score (nSPS) is 10.4. The molecule has 1 N–H and O–H groups in total. The van der Waals surface area contributed by atoms with Crippen molar-refractivity contribution in [3.05, 3.63) is 36.2 Å². The molecule has 0 amide bonds. The summed E-state index contributed by atoms with van der Waals surface area (Å²) in [6, 6.07) is 5.31. The lowest BCUT2D eigenvalue weighted by atomic mass is 10.1. The predicted molar refractivity (Wildman–Crippen MR) is 48.1 cm³/mol. The minimum absolute atomic E-state index is 0.287. The molecule has 2 heteroatoms. The van der Waals surface area contributed by atoms with Crippen LogP contribution < -0.4 is 0 Å². The monoisotopic (exact) mass is 159 g/mol. The second kappa shape index (κ2) is 2.48. The van der Waals surface area contributed by atoms with Gasteiger partial charge in [-0.05, 0) is 30.0 Å². The molecule has 0 spiro atoms. The summed E-state index contributed by atoms with van der Waals surface area (Å²) >= 11 is 0. The van der Waals surface area contributed by atoms with Crippen molar-refractivity contribution < 1.29 is 5.11 Å². The van der Waals surface area contributed by atoms with Crippen molar-refractivity contribution in [3.8, 4) is 5.75 Å². The molecule has 60 valence electrons. The Kier molecular flexibility index (Phi) is 1.47. The molecule has 1 heterocycles. The Balaban J connectivity index is 2.86. The summed E-state index contributed by atoms with van der Waals surface area (Å²) in [5.74, 6) is 0.287. The number of aryl methyl sites for hydroxylation is 1. The number of rotatable bonds is 0. The Labute approximate surface area is 70.5 Å². The quantitative estimate of drug-likeness (QED) is 0.639. The van der Waals surface area contributed by atoms with E-state index in [1.807, 2.05) is 19.2 Å². The van der Waals surface area contributed by atoms with Gasteiger partial charge >= 0.3 is 0 Å². The SMILES string of the molecule is Cc1cncc2cc(O)ccc12. The van der Waals surface area contributed by atoms with Gasteiger partial charge in [-0.2, -0.15) is 0 Å². The highest BCUT2D eigenvalue weighted by Gasteiger charge is 1.97. The van der Waals surface area contributed by atoms with Crippen molar-refractivity contribution in [2.45, 2.75) is 6.92 Å². The number of fused-ring (bicyclic) bond motifs is 1. The van der Waals surface area contributed by atoms with E-state index in [9.17, 15) is 5.11 Å². The van der Waals surface area contributed by atoms with Crippen LogP contribution in [0.5, 0.6) is 5.75 Å². The van der Waals surface area contributed by atoms with Crippen molar-refractivity contribution >= 4 is 10.8 Å². The largest absolute Gasteiger partial charge is 0.508 e. The second-order valence-electron chi connectivity index (χ2n) is 2.86. The van der Waals surface area contributed by atoms with Crippen molar-refractivity contribution in [1.29, 1.82) is 0 Å². The fraction of sp³-hybridized carbons (Fsp3) is 0.100. The molecule has 0 aliphatic heterocycles. The molecular weight excluding hydrogens is 150 g/mol. The summed E-state index contributed by atoms with van der Waals surface area (Å²) in [7, 11) is 0. The van der Waals surface area contributed by atoms with Crippen LogP contribution in [0.1, 0.15) is 5.56 Å². The number of hydrogen-bond donors (Lipinski definition) is 1. The van der Waals surface area contributed by atoms with E-state index in [4.69, 9.17) is 0 Å². The topological polar surface area (TPSA) is 33.1 Å². The van der Waals surface area contributed by atoms with Crippen LogP contribution in [-0.4, -0.2) is 10.1 Å². The molecule has 2 aromatic rings. The van der Waals surface area contributed by atoms with E-state index in [0.717, 1.165) is 16.3 Å². The third-order valence-electron chi connectivity index (χ3n) is 1.94. The minimum Gasteiger partial charge on any atom is -0.508 e. The van der Waals surface area contributed by atoms with Gasteiger partial charge in [0.15, 0.2) is 0 Å². The van der Waals surface area contributed by atoms with Crippen molar-refractivity contribution in [2.24, 2.45) is 0 Å². The molecule has 0 aliphatic carbocycles. The average Bonchev–Trinajstić information content (AvgIpc) is 2.04. The number of phenols is 1. The first-order valence-corrected chi connectivity index (χ1v) is 3.81. The number of benzene rings is 1. The van der Waals surface area contributed by atoms with E-state index in [1.165, 1.54) is 0 Å². The number of aromatic nitrogens is 1. The molecular formula is C10H9NO. The lowest BCUT2D eigenvalue weighted by molar-refractivity contribution is 0.476. The lowest BCUT2D eigenvalue weighted by Gasteiger charge is -2.00. The Bertz CT molecular complexity index is 423. The van der Waals surface area contributed by atoms with Crippen molar-refractivity contribution in [3.63, 3.8) is 0 Å². The lowest BCUT2D eigenvalue weighted by Crippen LogP contribution is -1.80. The number of phenolic OH excluding ortho intramolecular Hbond substituents is 1. The first-order valence-electron chi connectivity index (χ1n) is 3.81. The molecule has 0 saturated heterocycles. The number of nitrogens with zero attached hydrogens (tertiary/aromatic N) is 1. The van der Waals surface area contributed by atoms with E-state index < -0.39 is 0 Å². The van der Waals surface area contributed by atoms with E-state index in [2.05, 4.69) is 4.98 Å². The van der Waals surface area contributed by atoms with Crippen LogP contribution in [-0.2, 0) is 0 Å². The summed E-state index contributed by atoms with van der Waals surface area (Å²) in [6.07, 6.45) is 3.57. The maximum Gasteiger partial charge on any atom is 0.116 e. The van der Waals surface area contributed by atoms with Crippen LogP contribution in [0.15, 0.2) is 30.6 Å². The number of hydrogen-bond acceptors (Lipinski definition) is 2. The van der Waals surface area contributed by atoms with E-state index in [0.29, 0.717) is 0 Å². The van der Waals surface area contributed by atoms with E-state index >= 15 is 0 Å². The van der Waals surface area contributed by atoms with Gasteiger partial charge in [0.05, 0.1) is 0 Å². The van der Waals surface area contributed by atoms with Gasteiger partial charge in [0.1, 0.15) is 5.75 Å². The van der Waals surface area contributed by atoms with E-state index in [1.54, 1.807) is 18.3 Å². The summed E-state index contributed by atoms with van der Waals surface area (Å²) in [5.41, 5.74) is 1.13. The standard InChI is InChI=1S/C10H9NO/c1-7-5-11-6-8-4-9(12)2-3-10(7)8/h2-6,12H,1H3. The van der Waals surface area contributed by atoms with Gasteiger partial charge in [-0.3, -0.25) is 4.98 Å². The molecule has 1 aromatic carbocycles. The van der Waals surface area contributed by atoms with Crippen LogP contribution in [0.4, 0.5) is 0 Å². The van der Waals surface area contributed by atoms with Crippen molar-refractivity contribution in [1.82, 2.24) is 4.98 Å². The fourth-order valence-corrected chi connectivity index (χ4v) is 1.31. The van der Waals surface area contributed by atoms with Gasteiger partial charge < -0.3 is 5.11 Å². The molecule has 2 rings (SSSR count). The highest BCUT2D eigenvalue weighted by Crippen LogP contribution is 2.20. The average molecular weight is 159 g/mol. The first-order chi connectivity index (χ1) is 5.77. The molecule has 0 saturated carbocycles. The molecule has 1 aromatic heterocycles. The summed E-state index contributed by atoms with van der Waals surface area (Å²) in [4.78, 5) is 4.04. The minimum atomic E-state index is 0.287. The first kappa shape index (κ1) is 7.10. The van der Waals surface area contributed by atoms with Gasteiger partial charge in [-0.15, -0.1) is 0 Å². The van der Waals surface area contributed by atoms with Gasteiger partial charge in [0.2, 0.25) is 0 Å². The molecule has 2 nitrogen and oxygen atoms in total. The maximum absolute atomic E-state index is 9.19. The number of pyridine rings is 1. The summed E-state index contributed by atoms with van der Waals surface area (Å²) in [5, 5.41) is 11.3. The Morgan fingerprint density at radius 3 is 2.92 bits per heavy atom. The molecule has 0 atom stereocenters. The number of aromatic hydroxyl groups is 1. The Morgan fingerprint density at radius 1 is 1.25 bits per heavy atom. The van der Waals surface area contributed by atoms with Gasteiger partial charge in [0, 0.05) is 17.8 Å². The van der Waals surface area contributed by atoms with Crippen LogP contribution in [0.25, 0.3) is 10.8 Å². The summed E-state index contributed by atoms with van der Waals surface area (Å²) in [6.45, 7) is 2.01. The van der Waals surface area contributed by atoms with Crippen LogP contribution in [0.3, 0.4) is 0 Å². The molecule has 0 unspecified atom stereocenters. The third-order valence-corrected chi connectivity index (χ3v) is 1.94. The van der Waals surface area contributed by atoms with Gasteiger partial charge in [-0.25, -0.2) is 0 Å². The van der Waals surface area contributed by atoms with E-state index in [-0.39, 0.29) is 5.75 Å². The fourth-order valence-electron chi connectivity index (χ4n) is 1.31. The zero-order valence-electron chi connectivity index (χ0n) is 6.78. The zero-order chi connectivity index (χ0) is 8.55. The molecule has 0 bridgehead atoms. The summed E-state index contributed by atoms with van der Waals surface area (Å²) < 4.78 is 0. The predicted octanol–water partition coefficient (Wildman–Crippen LogP) is 2.25. The van der Waals surface area contributed by atoms with Gasteiger partial charge in [-0.1, -0.05) is 6.07 Å². The Morgan fingerprint density at radius 2 is 2.08 bits per heavy atom. The van der Waals surface area contributed by atoms with Gasteiger partial charge in [0.25, 0.3) is 0 Å². The maximum atomic E-state index is 9.19. The zero-order valence-corrected chi connectivity index (χ0v) is 6.78. The highest BCUT2D eigenvalue weighted by atomic mass is 16.3. The smallest absolute Gasteiger partial charge is 0.116 e. The highest BCUT2D eigenvalue weighted by molar-refractivity contribution is 5.85. The Hall–Kier alpha value is -1.57. The molecule has 12 heavy (non-hydrogen) atoms. The van der Waals surface area contributed by atoms with Crippen LogP contribution in [0.2, 0.25) is 0 Å². The van der Waals surface area contributed by atoms with Crippen LogP contribution in [0, 0.1) is 6.92 Å². The second-order valence-corrected chi connectivity index (χ2v) is 2.86. The van der Waals surface area contributed by atoms with Crippen LogP contribution >= 0.6 is 0 Å². The molecule has 0 fully saturated rings. The van der Waals surface area contributed by atoms with Crippen molar-refractivity contribution in [2.75, 3.05) is 0 Å². The molecule has 0 aliphatic rings. The molecule has 0 radical (unpaired) electrons. The third kappa shape index (κ3) is 1.01.